The molecule has 0 aromatic heterocycles. The molecule has 22 heavy (non-hydrogen) atoms. The fraction of sp³-hybridized carbons (Fsp3) is 0.176. The Morgan fingerprint density at radius 2 is 1.41 bits per heavy atom. The number of rotatable bonds is 4. The number of benzene rings is 2. The van der Waals surface area contributed by atoms with Crippen LogP contribution in [0.1, 0.15) is 16.7 Å². The lowest BCUT2D eigenvalue weighted by Gasteiger charge is -2.07. The van der Waals surface area contributed by atoms with Gasteiger partial charge in [-0.25, -0.2) is 9.59 Å². The highest BCUT2D eigenvalue weighted by Crippen LogP contribution is 2.06. The van der Waals surface area contributed by atoms with Crippen LogP contribution in [-0.2, 0) is 22.7 Å². The van der Waals surface area contributed by atoms with E-state index in [-0.39, 0.29) is 0 Å². The SMILES string of the molecule is Cc1ccccc1CNCc1ccccc1.O=C(O)C(=O)O. The Morgan fingerprint density at radius 3 is 1.95 bits per heavy atom. The number of carbonyl (C=O) groups is 2. The van der Waals surface area contributed by atoms with Crippen molar-refractivity contribution in [3.63, 3.8) is 0 Å². The molecule has 0 aliphatic rings. The first-order valence-corrected chi connectivity index (χ1v) is 6.76. The van der Waals surface area contributed by atoms with Gasteiger partial charge >= 0.3 is 11.9 Å². The number of aliphatic carboxylic acids is 2. The Hall–Kier alpha value is -2.66. The Kier molecular flexibility index (Phi) is 7.36. The largest absolute Gasteiger partial charge is 0.473 e. The van der Waals surface area contributed by atoms with Crippen LogP contribution in [0.3, 0.4) is 0 Å². The number of carboxylic acids is 2. The summed E-state index contributed by atoms with van der Waals surface area (Å²) in [5.74, 6) is -3.65. The van der Waals surface area contributed by atoms with Crippen molar-refractivity contribution in [2.24, 2.45) is 0 Å². The van der Waals surface area contributed by atoms with E-state index in [0.29, 0.717) is 0 Å². The Balaban J connectivity index is 0.000000346. The van der Waals surface area contributed by atoms with E-state index in [4.69, 9.17) is 19.8 Å². The van der Waals surface area contributed by atoms with E-state index in [0.717, 1.165) is 13.1 Å². The van der Waals surface area contributed by atoms with Crippen molar-refractivity contribution in [1.82, 2.24) is 5.32 Å². The van der Waals surface area contributed by atoms with Crippen molar-refractivity contribution < 1.29 is 19.8 Å². The van der Waals surface area contributed by atoms with Crippen molar-refractivity contribution in [1.29, 1.82) is 0 Å². The van der Waals surface area contributed by atoms with Crippen LogP contribution >= 0.6 is 0 Å². The van der Waals surface area contributed by atoms with Gasteiger partial charge in [0.1, 0.15) is 0 Å². The molecule has 0 spiro atoms. The van der Waals surface area contributed by atoms with Gasteiger partial charge in [-0.05, 0) is 23.6 Å². The van der Waals surface area contributed by atoms with Crippen LogP contribution in [0, 0.1) is 6.92 Å². The van der Waals surface area contributed by atoms with Crippen LogP contribution in [0.25, 0.3) is 0 Å². The molecule has 3 N–H and O–H groups in total. The zero-order valence-electron chi connectivity index (χ0n) is 12.3. The van der Waals surface area contributed by atoms with Crippen molar-refractivity contribution in [2.45, 2.75) is 20.0 Å². The predicted octanol–water partition coefficient (Wildman–Crippen LogP) is 2.44. The van der Waals surface area contributed by atoms with Crippen LogP contribution in [-0.4, -0.2) is 22.2 Å². The third kappa shape index (κ3) is 6.67. The molecule has 0 heterocycles. The highest BCUT2D eigenvalue weighted by molar-refractivity contribution is 6.27. The standard InChI is InChI=1S/C15H17N.C2H2O4/c1-13-7-5-6-10-15(13)12-16-11-14-8-3-2-4-9-14;3-1(4)2(5)6/h2-10,16H,11-12H2,1H3;(H,3,4)(H,5,6). The first kappa shape index (κ1) is 17.4. The number of nitrogens with one attached hydrogen (secondary N) is 1. The van der Waals surface area contributed by atoms with E-state index in [2.05, 4.69) is 60.8 Å². The molecule has 0 amide bonds. The van der Waals surface area contributed by atoms with Crippen molar-refractivity contribution >= 4 is 11.9 Å². The monoisotopic (exact) mass is 301 g/mol. The molecule has 0 saturated heterocycles. The molecule has 2 rings (SSSR count). The topological polar surface area (TPSA) is 86.6 Å². The molecule has 5 nitrogen and oxygen atoms in total. The maximum Gasteiger partial charge on any atom is 0.414 e. The summed E-state index contributed by atoms with van der Waals surface area (Å²) in [6.07, 6.45) is 0. The quantitative estimate of drug-likeness (QED) is 0.755. The van der Waals surface area contributed by atoms with Crippen LogP contribution in [0.4, 0.5) is 0 Å². The zero-order valence-corrected chi connectivity index (χ0v) is 12.3. The molecular formula is C17H19NO4. The van der Waals surface area contributed by atoms with Crippen LogP contribution < -0.4 is 5.32 Å². The summed E-state index contributed by atoms with van der Waals surface area (Å²) in [4.78, 5) is 18.2. The highest BCUT2D eigenvalue weighted by Gasteiger charge is 2.04. The predicted molar refractivity (Wildman–Crippen MR) is 83.4 cm³/mol. The summed E-state index contributed by atoms with van der Waals surface area (Å²) in [7, 11) is 0. The molecule has 0 saturated carbocycles. The molecule has 0 unspecified atom stereocenters. The third-order valence-corrected chi connectivity index (χ3v) is 2.93. The maximum atomic E-state index is 9.10. The van der Waals surface area contributed by atoms with Crippen molar-refractivity contribution in [3.05, 3.63) is 71.3 Å². The summed E-state index contributed by atoms with van der Waals surface area (Å²) >= 11 is 0. The first-order chi connectivity index (χ1) is 10.5. The Labute approximate surface area is 129 Å². The van der Waals surface area contributed by atoms with Crippen LogP contribution in [0.5, 0.6) is 0 Å². The van der Waals surface area contributed by atoms with Crippen LogP contribution in [0.15, 0.2) is 54.6 Å². The Morgan fingerprint density at radius 1 is 0.864 bits per heavy atom. The average Bonchev–Trinajstić information content (AvgIpc) is 2.51. The van der Waals surface area contributed by atoms with E-state index in [1.54, 1.807) is 0 Å². The van der Waals surface area contributed by atoms with Gasteiger partial charge in [0.2, 0.25) is 0 Å². The molecule has 0 atom stereocenters. The van der Waals surface area contributed by atoms with Crippen molar-refractivity contribution in [3.8, 4) is 0 Å². The molecule has 5 heteroatoms. The fourth-order valence-corrected chi connectivity index (χ4v) is 1.75. The number of hydrogen-bond acceptors (Lipinski definition) is 3. The minimum Gasteiger partial charge on any atom is -0.473 e. The molecule has 116 valence electrons. The lowest BCUT2D eigenvalue weighted by molar-refractivity contribution is -0.159. The van der Waals surface area contributed by atoms with Crippen molar-refractivity contribution in [2.75, 3.05) is 0 Å². The van der Waals surface area contributed by atoms with Gasteiger partial charge < -0.3 is 15.5 Å². The molecular weight excluding hydrogens is 282 g/mol. The Bertz CT molecular complexity index is 599. The maximum absolute atomic E-state index is 9.10. The minimum atomic E-state index is -1.82. The van der Waals surface area contributed by atoms with E-state index in [9.17, 15) is 0 Å². The molecule has 0 aliphatic carbocycles. The van der Waals surface area contributed by atoms with Gasteiger partial charge in [-0.15, -0.1) is 0 Å². The second-order valence-corrected chi connectivity index (χ2v) is 4.63. The van der Waals surface area contributed by atoms with Gasteiger partial charge in [-0.3, -0.25) is 0 Å². The second kappa shape index (κ2) is 9.31. The van der Waals surface area contributed by atoms with Gasteiger partial charge in [-0.1, -0.05) is 54.6 Å². The van der Waals surface area contributed by atoms with E-state index >= 15 is 0 Å². The number of carboxylic acid groups (broad SMARTS) is 2. The van der Waals surface area contributed by atoms with Gasteiger partial charge in [0.25, 0.3) is 0 Å². The summed E-state index contributed by atoms with van der Waals surface area (Å²) in [5.41, 5.74) is 4.05. The van der Waals surface area contributed by atoms with Gasteiger partial charge in [0.15, 0.2) is 0 Å². The summed E-state index contributed by atoms with van der Waals surface area (Å²) in [6.45, 7) is 4.01. The molecule has 2 aromatic carbocycles. The lowest BCUT2D eigenvalue weighted by atomic mass is 10.1. The van der Waals surface area contributed by atoms with E-state index in [1.807, 2.05) is 6.07 Å². The second-order valence-electron chi connectivity index (χ2n) is 4.63. The molecule has 0 bridgehead atoms. The van der Waals surface area contributed by atoms with Gasteiger partial charge in [-0.2, -0.15) is 0 Å². The normalized spacial score (nSPS) is 9.50. The summed E-state index contributed by atoms with van der Waals surface area (Å²) in [5, 5.41) is 18.2. The van der Waals surface area contributed by atoms with Gasteiger partial charge in [0, 0.05) is 13.1 Å². The fourth-order valence-electron chi connectivity index (χ4n) is 1.75. The van der Waals surface area contributed by atoms with Crippen LogP contribution in [0.2, 0.25) is 0 Å². The average molecular weight is 301 g/mol. The van der Waals surface area contributed by atoms with E-state index < -0.39 is 11.9 Å². The molecule has 2 aromatic rings. The molecule has 0 radical (unpaired) electrons. The highest BCUT2D eigenvalue weighted by atomic mass is 16.4. The van der Waals surface area contributed by atoms with E-state index in [1.165, 1.54) is 16.7 Å². The first-order valence-electron chi connectivity index (χ1n) is 6.76. The number of aryl methyl sites for hydroxylation is 1. The molecule has 0 aliphatic heterocycles. The molecule has 0 fully saturated rings. The summed E-state index contributed by atoms with van der Waals surface area (Å²) in [6, 6.07) is 19.0. The smallest absolute Gasteiger partial charge is 0.414 e. The van der Waals surface area contributed by atoms with Gasteiger partial charge in [0.05, 0.1) is 0 Å². The summed E-state index contributed by atoms with van der Waals surface area (Å²) < 4.78 is 0. The lowest BCUT2D eigenvalue weighted by Crippen LogP contribution is -2.13. The number of hydrogen-bond donors (Lipinski definition) is 3. The zero-order chi connectivity index (χ0) is 16.4. The minimum absolute atomic E-state index is 0.926. The third-order valence-electron chi connectivity index (χ3n) is 2.93.